The average molecular weight is 336 g/mol. The highest BCUT2D eigenvalue weighted by molar-refractivity contribution is 5.99. The molecule has 1 aliphatic rings. The SMILES string of the molecule is COc1ccc2oc(C(=O)N(Cc3ccncc3)C3CC3)c(C)c2c1. The van der Waals surface area contributed by atoms with Gasteiger partial charge in [-0.15, -0.1) is 0 Å². The van der Waals surface area contributed by atoms with Crippen LogP contribution in [0.15, 0.2) is 47.1 Å². The van der Waals surface area contributed by atoms with Gasteiger partial charge in [-0.1, -0.05) is 0 Å². The maximum atomic E-state index is 13.2. The number of rotatable bonds is 5. The van der Waals surface area contributed by atoms with Crippen LogP contribution in [0.5, 0.6) is 5.75 Å². The third kappa shape index (κ3) is 2.97. The van der Waals surface area contributed by atoms with E-state index in [-0.39, 0.29) is 5.91 Å². The zero-order valence-electron chi connectivity index (χ0n) is 14.4. The molecule has 0 aliphatic heterocycles. The minimum atomic E-state index is -0.0491. The maximum Gasteiger partial charge on any atom is 0.290 e. The predicted octanol–water partition coefficient (Wildman–Crippen LogP) is 3.95. The smallest absolute Gasteiger partial charge is 0.290 e. The van der Waals surface area contributed by atoms with E-state index in [4.69, 9.17) is 9.15 Å². The minimum Gasteiger partial charge on any atom is -0.497 e. The minimum absolute atomic E-state index is 0.0491. The molecular weight excluding hydrogens is 316 g/mol. The van der Waals surface area contributed by atoms with Gasteiger partial charge in [0.1, 0.15) is 11.3 Å². The summed E-state index contributed by atoms with van der Waals surface area (Å²) in [7, 11) is 1.63. The summed E-state index contributed by atoms with van der Waals surface area (Å²) < 4.78 is 11.2. The Morgan fingerprint density at radius 2 is 2.04 bits per heavy atom. The highest BCUT2D eigenvalue weighted by Gasteiger charge is 2.35. The molecule has 5 heteroatoms. The van der Waals surface area contributed by atoms with Crippen molar-refractivity contribution in [1.29, 1.82) is 0 Å². The fraction of sp³-hybridized carbons (Fsp3) is 0.300. The van der Waals surface area contributed by atoms with Crippen molar-refractivity contribution >= 4 is 16.9 Å². The molecule has 0 unspecified atom stereocenters. The van der Waals surface area contributed by atoms with Gasteiger partial charge in [0.15, 0.2) is 5.76 Å². The molecule has 0 N–H and O–H groups in total. The molecule has 1 aromatic carbocycles. The second-order valence-corrected chi connectivity index (χ2v) is 6.44. The van der Waals surface area contributed by atoms with E-state index >= 15 is 0 Å². The van der Waals surface area contributed by atoms with Crippen LogP contribution in [0.2, 0.25) is 0 Å². The largest absolute Gasteiger partial charge is 0.497 e. The zero-order chi connectivity index (χ0) is 17.4. The van der Waals surface area contributed by atoms with Crippen molar-refractivity contribution < 1.29 is 13.9 Å². The number of pyridine rings is 1. The molecule has 0 radical (unpaired) electrons. The highest BCUT2D eigenvalue weighted by Crippen LogP contribution is 2.33. The number of carbonyl (C=O) groups is 1. The molecule has 1 aliphatic carbocycles. The topological polar surface area (TPSA) is 55.6 Å². The second kappa shape index (κ2) is 6.24. The lowest BCUT2D eigenvalue weighted by Gasteiger charge is -2.21. The lowest BCUT2D eigenvalue weighted by molar-refractivity contribution is 0.0699. The first-order valence-corrected chi connectivity index (χ1v) is 8.44. The van der Waals surface area contributed by atoms with Gasteiger partial charge >= 0.3 is 0 Å². The number of aromatic nitrogens is 1. The summed E-state index contributed by atoms with van der Waals surface area (Å²) in [6, 6.07) is 9.79. The Kier molecular flexibility index (Phi) is 3.92. The number of nitrogens with zero attached hydrogens (tertiary/aromatic N) is 2. The second-order valence-electron chi connectivity index (χ2n) is 6.44. The van der Waals surface area contributed by atoms with E-state index in [1.54, 1.807) is 19.5 Å². The number of furan rings is 1. The summed E-state index contributed by atoms with van der Waals surface area (Å²) >= 11 is 0. The van der Waals surface area contributed by atoms with E-state index in [1.165, 1.54) is 0 Å². The predicted molar refractivity (Wildman–Crippen MR) is 94.6 cm³/mol. The molecule has 3 aromatic rings. The summed E-state index contributed by atoms with van der Waals surface area (Å²) in [5.41, 5.74) is 2.64. The molecule has 0 spiro atoms. The average Bonchev–Trinajstić information content (AvgIpc) is 3.44. The number of aryl methyl sites for hydroxylation is 1. The van der Waals surface area contributed by atoms with Crippen LogP contribution in [-0.2, 0) is 6.54 Å². The first-order valence-electron chi connectivity index (χ1n) is 8.44. The summed E-state index contributed by atoms with van der Waals surface area (Å²) in [6.07, 6.45) is 5.60. The Bertz CT molecular complexity index is 913. The Labute approximate surface area is 146 Å². The van der Waals surface area contributed by atoms with Gasteiger partial charge in [0, 0.05) is 35.9 Å². The molecule has 2 aromatic heterocycles. The quantitative estimate of drug-likeness (QED) is 0.708. The maximum absolute atomic E-state index is 13.2. The monoisotopic (exact) mass is 336 g/mol. The van der Waals surface area contributed by atoms with Crippen LogP contribution in [0.25, 0.3) is 11.0 Å². The van der Waals surface area contributed by atoms with Crippen LogP contribution in [0.3, 0.4) is 0 Å². The molecule has 2 heterocycles. The van der Waals surface area contributed by atoms with Crippen LogP contribution in [0, 0.1) is 6.92 Å². The van der Waals surface area contributed by atoms with Crippen LogP contribution in [0.1, 0.15) is 34.5 Å². The Morgan fingerprint density at radius 1 is 1.28 bits per heavy atom. The van der Waals surface area contributed by atoms with E-state index in [0.717, 1.165) is 35.1 Å². The Hall–Kier alpha value is -2.82. The Balaban J connectivity index is 1.68. The van der Waals surface area contributed by atoms with E-state index < -0.39 is 0 Å². The number of amides is 1. The van der Waals surface area contributed by atoms with Crippen LogP contribution < -0.4 is 4.74 Å². The van der Waals surface area contributed by atoms with Crippen molar-refractivity contribution in [1.82, 2.24) is 9.88 Å². The number of ether oxygens (including phenoxy) is 1. The fourth-order valence-corrected chi connectivity index (χ4v) is 3.10. The normalized spacial score (nSPS) is 13.8. The van der Waals surface area contributed by atoms with Crippen LogP contribution in [0.4, 0.5) is 0 Å². The van der Waals surface area contributed by atoms with Gasteiger partial charge in [-0.2, -0.15) is 0 Å². The summed E-state index contributed by atoms with van der Waals surface area (Å²) in [5, 5.41) is 0.919. The first kappa shape index (κ1) is 15.7. The molecule has 128 valence electrons. The van der Waals surface area contributed by atoms with Crippen molar-refractivity contribution in [3.63, 3.8) is 0 Å². The molecule has 5 nitrogen and oxygen atoms in total. The van der Waals surface area contributed by atoms with Crippen LogP contribution >= 0.6 is 0 Å². The standard InChI is InChI=1S/C20H20N2O3/c1-13-17-11-16(24-2)5-6-18(17)25-19(13)20(23)22(15-3-4-15)12-14-7-9-21-10-8-14/h5-11,15H,3-4,12H2,1-2H3. The third-order valence-electron chi connectivity index (χ3n) is 4.69. The van der Waals surface area contributed by atoms with Crippen molar-refractivity contribution in [3.8, 4) is 5.75 Å². The number of carbonyl (C=O) groups excluding carboxylic acids is 1. The summed E-state index contributed by atoms with van der Waals surface area (Å²) in [4.78, 5) is 19.1. The fourth-order valence-electron chi connectivity index (χ4n) is 3.10. The van der Waals surface area contributed by atoms with Gasteiger partial charge in [-0.25, -0.2) is 0 Å². The molecule has 1 amide bonds. The molecule has 1 saturated carbocycles. The number of methoxy groups -OCH3 is 1. The van der Waals surface area contributed by atoms with Gasteiger partial charge < -0.3 is 14.1 Å². The molecular formula is C20H20N2O3. The van der Waals surface area contributed by atoms with Crippen molar-refractivity contribution in [3.05, 3.63) is 59.6 Å². The van der Waals surface area contributed by atoms with Crippen molar-refractivity contribution in [2.24, 2.45) is 0 Å². The number of hydrogen-bond donors (Lipinski definition) is 0. The number of hydrogen-bond acceptors (Lipinski definition) is 4. The first-order chi connectivity index (χ1) is 12.2. The molecule has 25 heavy (non-hydrogen) atoms. The molecule has 0 bridgehead atoms. The number of benzene rings is 1. The van der Waals surface area contributed by atoms with Gasteiger partial charge in [0.25, 0.3) is 5.91 Å². The lowest BCUT2D eigenvalue weighted by atomic mass is 10.1. The van der Waals surface area contributed by atoms with Gasteiger partial charge in [-0.05, 0) is 55.7 Å². The van der Waals surface area contributed by atoms with Gasteiger partial charge in [0.2, 0.25) is 0 Å². The lowest BCUT2D eigenvalue weighted by Crippen LogP contribution is -2.32. The molecule has 0 saturated heterocycles. The highest BCUT2D eigenvalue weighted by atomic mass is 16.5. The van der Waals surface area contributed by atoms with E-state index in [2.05, 4.69) is 4.98 Å². The Morgan fingerprint density at radius 3 is 2.72 bits per heavy atom. The number of fused-ring (bicyclic) bond motifs is 1. The van der Waals surface area contributed by atoms with E-state index in [9.17, 15) is 4.79 Å². The van der Waals surface area contributed by atoms with Gasteiger partial charge in [0.05, 0.1) is 7.11 Å². The van der Waals surface area contributed by atoms with Crippen molar-refractivity contribution in [2.75, 3.05) is 7.11 Å². The zero-order valence-corrected chi connectivity index (χ0v) is 14.4. The van der Waals surface area contributed by atoms with E-state index in [1.807, 2.05) is 42.2 Å². The molecule has 0 atom stereocenters. The van der Waals surface area contributed by atoms with E-state index in [0.29, 0.717) is 23.9 Å². The third-order valence-corrected chi connectivity index (χ3v) is 4.69. The summed E-state index contributed by atoms with van der Waals surface area (Å²) in [6.45, 7) is 2.50. The molecule has 1 fully saturated rings. The van der Waals surface area contributed by atoms with Crippen LogP contribution in [-0.4, -0.2) is 28.9 Å². The molecule has 4 rings (SSSR count). The summed E-state index contributed by atoms with van der Waals surface area (Å²) in [5.74, 6) is 1.13. The van der Waals surface area contributed by atoms with Gasteiger partial charge in [-0.3, -0.25) is 9.78 Å². The van der Waals surface area contributed by atoms with Crippen molar-refractivity contribution in [2.45, 2.75) is 32.4 Å².